The van der Waals surface area contributed by atoms with Crippen molar-refractivity contribution >= 4 is 17.7 Å². The first-order chi connectivity index (χ1) is 6.84. The first kappa shape index (κ1) is 9.60. The molecule has 0 aliphatic carbocycles. The van der Waals surface area contributed by atoms with Gasteiger partial charge >= 0.3 is 0 Å². The average molecular weight is 208 g/mol. The summed E-state index contributed by atoms with van der Waals surface area (Å²) in [6, 6.07) is 7.92. The zero-order valence-corrected chi connectivity index (χ0v) is 8.87. The average Bonchev–Trinajstić information content (AvgIpc) is 2.70. The molecule has 1 fully saturated rings. The van der Waals surface area contributed by atoms with Crippen molar-refractivity contribution in [3.05, 3.63) is 41.1 Å². The summed E-state index contributed by atoms with van der Waals surface area (Å²) in [5.74, 6) is 0. The molecule has 1 aromatic rings. The van der Waals surface area contributed by atoms with Gasteiger partial charge in [-0.25, -0.2) is 0 Å². The summed E-state index contributed by atoms with van der Waals surface area (Å²) >= 11 is 5.80. The standard InChI is InChI=1S/C12H14ClN/c13-12-5-3-11(4-6-12)7-10-14-8-1-2-9-14/h3-7,10H,1-2,8-9H2/b10-7+. The summed E-state index contributed by atoms with van der Waals surface area (Å²) < 4.78 is 0. The highest BCUT2D eigenvalue weighted by Gasteiger charge is 2.05. The highest BCUT2D eigenvalue weighted by Crippen LogP contribution is 2.12. The molecule has 0 unspecified atom stereocenters. The Hall–Kier alpha value is -0.950. The minimum Gasteiger partial charge on any atom is -0.377 e. The summed E-state index contributed by atoms with van der Waals surface area (Å²) in [5.41, 5.74) is 1.21. The van der Waals surface area contributed by atoms with Gasteiger partial charge in [-0.15, -0.1) is 0 Å². The van der Waals surface area contributed by atoms with Crippen LogP contribution < -0.4 is 0 Å². The maximum atomic E-state index is 5.80. The molecule has 1 aliphatic rings. The van der Waals surface area contributed by atoms with Crippen LogP contribution in [0, 0.1) is 0 Å². The highest BCUT2D eigenvalue weighted by molar-refractivity contribution is 6.30. The fourth-order valence-electron chi connectivity index (χ4n) is 1.66. The summed E-state index contributed by atoms with van der Waals surface area (Å²) in [5, 5.41) is 0.795. The molecule has 1 aromatic carbocycles. The quantitative estimate of drug-likeness (QED) is 0.719. The van der Waals surface area contributed by atoms with E-state index in [0.29, 0.717) is 0 Å². The molecule has 14 heavy (non-hydrogen) atoms. The molecule has 2 heteroatoms. The van der Waals surface area contributed by atoms with Gasteiger partial charge in [0.1, 0.15) is 0 Å². The summed E-state index contributed by atoms with van der Waals surface area (Å²) in [6.07, 6.45) is 6.97. The Balaban J connectivity index is 1.99. The van der Waals surface area contributed by atoms with E-state index in [1.807, 2.05) is 24.3 Å². The van der Waals surface area contributed by atoms with E-state index >= 15 is 0 Å². The zero-order chi connectivity index (χ0) is 9.80. The van der Waals surface area contributed by atoms with Crippen LogP contribution >= 0.6 is 11.6 Å². The molecule has 1 nitrogen and oxygen atoms in total. The Bertz CT molecular complexity index is 310. The molecule has 74 valence electrons. The van der Waals surface area contributed by atoms with Gasteiger partial charge < -0.3 is 4.90 Å². The molecule has 1 heterocycles. The lowest BCUT2D eigenvalue weighted by atomic mass is 10.2. The third-order valence-corrected chi connectivity index (χ3v) is 2.74. The molecule has 0 radical (unpaired) electrons. The molecule has 0 spiro atoms. The zero-order valence-electron chi connectivity index (χ0n) is 8.12. The van der Waals surface area contributed by atoms with Crippen LogP contribution in [0.1, 0.15) is 18.4 Å². The van der Waals surface area contributed by atoms with Gasteiger partial charge in [0, 0.05) is 18.1 Å². The second-order valence-electron chi connectivity index (χ2n) is 3.61. The molecule has 0 aromatic heterocycles. The number of likely N-dealkylation sites (tertiary alicyclic amines) is 1. The van der Waals surface area contributed by atoms with Crippen LogP contribution in [0.4, 0.5) is 0 Å². The number of rotatable bonds is 2. The van der Waals surface area contributed by atoms with Gasteiger partial charge in [-0.2, -0.15) is 0 Å². The van der Waals surface area contributed by atoms with E-state index in [1.165, 1.54) is 31.5 Å². The van der Waals surface area contributed by atoms with Crippen LogP contribution in [-0.2, 0) is 0 Å². The van der Waals surface area contributed by atoms with Gasteiger partial charge in [0.15, 0.2) is 0 Å². The van der Waals surface area contributed by atoms with E-state index in [0.717, 1.165) is 5.02 Å². The number of benzene rings is 1. The van der Waals surface area contributed by atoms with Crippen LogP contribution in [0.5, 0.6) is 0 Å². The number of hydrogen-bond acceptors (Lipinski definition) is 1. The van der Waals surface area contributed by atoms with Crippen molar-refractivity contribution in [3.63, 3.8) is 0 Å². The van der Waals surface area contributed by atoms with Gasteiger partial charge in [-0.3, -0.25) is 0 Å². The molecule has 0 bridgehead atoms. The van der Waals surface area contributed by atoms with E-state index in [4.69, 9.17) is 11.6 Å². The molecule has 0 saturated carbocycles. The first-order valence-corrected chi connectivity index (χ1v) is 5.40. The Morgan fingerprint density at radius 1 is 1.07 bits per heavy atom. The van der Waals surface area contributed by atoms with Gasteiger partial charge in [-0.1, -0.05) is 23.7 Å². The predicted molar refractivity (Wildman–Crippen MR) is 61.3 cm³/mol. The van der Waals surface area contributed by atoms with Crippen molar-refractivity contribution in [1.82, 2.24) is 4.90 Å². The van der Waals surface area contributed by atoms with Gasteiger partial charge in [-0.05, 0) is 42.8 Å². The SMILES string of the molecule is Clc1ccc(/C=C/N2CCCC2)cc1. The molecule has 1 aliphatic heterocycles. The van der Waals surface area contributed by atoms with E-state index in [1.54, 1.807) is 0 Å². The largest absolute Gasteiger partial charge is 0.377 e. The highest BCUT2D eigenvalue weighted by atomic mass is 35.5. The van der Waals surface area contributed by atoms with Crippen LogP contribution in [0.25, 0.3) is 6.08 Å². The van der Waals surface area contributed by atoms with E-state index < -0.39 is 0 Å². The lowest BCUT2D eigenvalue weighted by Crippen LogP contribution is -2.09. The Kier molecular flexibility index (Phi) is 3.10. The molecule has 1 saturated heterocycles. The van der Waals surface area contributed by atoms with Crippen LogP contribution in [0.15, 0.2) is 30.5 Å². The van der Waals surface area contributed by atoms with Crippen molar-refractivity contribution in [2.75, 3.05) is 13.1 Å². The number of halogens is 1. The second-order valence-corrected chi connectivity index (χ2v) is 4.05. The van der Waals surface area contributed by atoms with Crippen molar-refractivity contribution in [2.45, 2.75) is 12.8 Å². The van der Waals surface area contributed by atoms with Crippen LogP contribution in [-0.4, -0.2) is 18.0 Å². The fourth-order valence-corrected chi connectivity index (χ4v) is 1.78. The monoisotopic (exact) mass is 207 g/mol. The molecule has 0 amide bonds. The predicted octanol–water partition coefficient (Wildman–Crippen LogP) is 3.41. The molecule has 0 N–H and O–H groups in total. The smallest absolute Gasteiger partial charge is 0.0406 e. The maximum absolute atomic E-state index is 5.80. The normalized spacial score (nSPS) is 16.8. The topological polar surface area (TPSA) is 3.24 Å². The van der Waals surface area contributed by atoms with Gasteiger partial charge in [0.25, 0.3) is 0 Å². The Morgan fingerprint density at radius 2 is 1.71 bits per heavy atom. The third kappa shape index (κ3) is 2.52. The Labute approximate surface area is 90.0 Å². The Morgan fingerprint density at radius 3 is 2.36 bits per heavy atom. The van der Waals surface area contributed by atoms with E-state index in [-0.39, 0.29) is 0 Å². The number of nitrogens with zero attached hydrogens (tertiary/aromatic N) is 1. The lowest BCUT2D eigenvalue weighted by Gasteiger charge is -2.09. The summed E-state index contributed by atoms with van der Waals surface area (Å²) in [7, 11) is 0. The third-order valence-electron chi connectivity index (χ3n) is 2.49. The van der Waals surface area contributed by atoms with E-state index in [2.05, 4.69) is 17.2 Å². The fraction of sp³-hybridized carbons (Fsp3) is 0.333. The van der Waals surface area contributed by atoms with Crippen molar-refractivity contribution in [2.24, 2.45) is 0 Å². The summed E-state index contributed by atoms with van der Waals surface area (Å²) in [6.45, 7) is 2.40. The minimum atomic E-state index is 0.795. The molecular formula is C12H14ClN. The van der Waals surface area contributed by atoms with Crippen LogP contribution in [0.3, 0.4) is 0 Å². The number of hydrogen-bond donors (Lipinski definition) is 0. The summed E-state index contributed by atoms with van der Waals surface area (Å²) in [4.78, 5) is 2.36. The van der Waals surface area contributed by atoms with Crippen molar-refractivity contribution in [3.8, 4) is 0 Å². The van der Waals surface area contributed by atoms with Crippen molar-refractivity contribution < 1.29 is 0 Å². The minimum absolute atomic E-state index is 0.795. The molecule has 0 atom stereocenters. The van der Waals surface area contributed by atoms with Gasteiger partial charge in [0.2, 0.25) is 0 Å². The molecule has 2 rings (SSSR count). The van der Waals surface area contributed by atoms with Crippen LogP contribution in [0.2, 0.25) is 5.02 Å². The first-order valence-electron chi connectivity index (χ1n) is 5.02. The molecular weight excluding hydrogens is 194 g/mol. The van der Waals surface area contributed by atoms with Gasteiger partial charge in [0.05, 0.1) is 0 Å². The second kappa shape index (κ2) is 4.52. The van der Waals surface area contributed by atoms with Crippen molar-refractivity contribution in [1.29, 1.82) is 0 Å². The van der Waals surface area contributed by atoms with E-state index in [9.17, 15) is 0 Å². The lowest BCUT2D eigenvalue weighted by molar-refractivity contribution is 0.471. The maximum Gasteiger partial charge on any atom is 0.0406 e.